The number of carbonyl (C=O) groups is 2. The number of carboxylic acid groups (broad SMARTS) is 1. The van der Waals surface area contributed by atoms with E-state index in [1.807, 2.05) is 0 Å². The zero-order valence-corrected chi connectivity index (χ0v) is 9.92. The lowest BCUT2D eigenvalue weighted by molar-refractivity contribution is -0.147. The van der Waals surface area contributed by atoms with Gasteiger partial charge in [0, 0.05) is 17.7 Å². The minimum Gasteiger partial charge on any atom is -0.479 e. The predicted molar refractivity (Wildman–Crippen MR) is 63.8 cm³/mol. The molecule has 0 aliphatic heterocycles. The van der Waals surface area contributed by atoms with Crippen LogP contribution in [0.2, 0.25) is 0 Å². The van der Waals surface area contributed by atoms with E-state index in [4.69, 9.17) is 10.8 Å². The summed E-state index contributed by atoms with van der Waals surface area (Å²) in [6.07, 6.45) is -1.34. The number of aliphatic hydroxyl groups excluding tert-OH is 1. The van der Waals surface area contributed by atoms with Gasteiger partial charge in [0.2, 0.25) is 0 Å². The Kier molecular flexibility index (Phi) is 4.67. The van der Waals surface area contributed by atoms with E-state index in [1.165, 1.54) is 13.2 Å². The van der Waals surface area contributed by atoms with Crippen LogP contribution < -0.4 is 5.73 Å². The number of aliphatic carboxylic acids is 1. The van der Waals surface area contributed by atoms with Crippen LogP contribution in [-0.2, 0) is 20.7 Å². The number of carboxylic acids is 1. The summed E-state index contributed by atoms with van der Waals surface area (Å²) in [6, 6.07) is 4.77. The number of ether oxygens (including phenoxy) is 1. The molecule has 1 aromatic rings. The minimum atomic E-state index is -1.70. The number of nitrogen functional groups attached to an aromatic ring is 1. The van der Waals surface area contributed by atoms with E-state index < -0.39 is 18.0 Å². The van der Waals surface area contributed by atoms with Gasteiger partial charge in [-0.1, -0.05) is 12.1 Å². The maximum atomic E-state index is 11.1. The molecule has 0 aliphatic carbocycles. The lowest BCUT2D eigenvalue weighted by Gasteiger charge is -2.14. The molecule has 1 atom stereocenters. The summed E-state index contributed by atoms with van der Waals surface area (Å²) < 4.78 is 4.50. The van der Waals surface area contributed by atoms with Crippen LogP contribution in [0.15, 0.2) is 18.2 Å². The number of carbonyl (C=O) groups excluding carboxylic acids is 1. The summed E-state index contributed by atoms with van der Waals surface area (Å²) in [7, 11) is 1.27. The third kappa shape index (κ3) is 3.21. The van der Waals surface area contributed by atoms with Crippen LogP contribution in [0.4, 0.5) is 5.69 Å². The van der Waals surface area contributed by atoms with Gasteiger partial charge < -0.3 is 20.7 Å². The fraction of sp³-hybridized carbons (Fsp3) is 0.333. The van der Waals surface area contributed by atoms with Crippen molar-refractivity contribution in [3.05, 3.63) is 29.3 Å². The molecule has 6 heteroatoms. The Bertz CT molecular complexity index is 458. The Morgan fingerprint density at radius 1 is 1.44 bits per heavy atom. The van der Waals surface area contributed by atoms with Crippen molar-refractivity contribution in [1.29, 1.82) is 0 Å². The number of nitrogens with two attached hydrogens (primary N) is 1. The molecule has 1 rings (SSSR count). The van der Waals surface area contributed by atoms with Crippen LogP contribution >= 0.6 is 0 Å². The van der Waals surface area contributed by atoms with E-state index in [9.17, 15) is 14.7 Å². The molecule has 0 radical (unpaired) electrons. The van der Waals surface area contributed by atoms with Gasteiger partial charge in [-0.25, -0.2) is 4.79 Å². The van der Waals surface area contributed by atoms with Crippen molar-refractivity contribution >= 4 is 17.6 Å². The highest BCUT2D eigenvalue weighted by Crippen LogP contribution is 2.26. The molecule has 0 saturated heterocycles. The summed E-state index contributed by atoms with van der Waals surface area (Å²) >= 11 is 0. The molecular weight excluding hydrogens is 238 g/mol. The maximum Gasteiger partial charge on any atom is 0.337 e. The van der Waals surface area contributed by atoms with Crippen LogP contribution in [0.1, 0.15) is 23.7 Å². The Morgan fingerprint density at radius 2 is 2.11 bits per heavy atom. The SMILES string of the molecule is COC(=O)CCc1cccc(N)c1C(O)C(=O)O. The fourth-order valence-electron chi connectivity index (χ4n) is 1.65. The van der Waals surface area contributed by atoms with Crippen molar-refractivity contribution in [2.45, 2.75) is 18.9 Å². The van der Waals surface area contributed by atoms with Crippen molar-refractivity contribution < 1.29 is 24.5 Å². The summed E-state index contributed by atoms with van der Waals surface area (Å²) in [5.41, 5.74) is 6.50. The number of aliphatic hydroxyl groups is 1. The first-order valence-corrected chi connectivity index (χ1v) is 5.32. The second-order valence-corrected chi connectivity index (χ2v) is 3.74. The molecule has 0 bridgehead atoms. The monoisotopic (exact) mass is 253 g/mol. The Labute approximate surface area is 104 Å². The summed E-state index contributed by atoms with van der Waals surface area (Å²) in [5.74, 6) is -1.79. The van der Waals surface area contributed by atoms with Gasteiger partial charge in [0.05, 0.1) is 7.11 Å². The van der Waals surface area contributed by atoms with Gasteiger partial charge >= 0.3 is 11.9 Å². The number of rotatable bonds is 5. The van der Waals surface area contributed by atoms with Gasteiger partial charge in [0.25, 0.3) is 0 Å². The summed E-state index contributed by atoms with van der Waals surface area (Å²) in [4.78, 5) is 21.9. The molecular formula is C12H15NO5. The molecule has 0 saturated carbocycles. The zero-order chi connectivity index (χ0) is 13.7. The smallest absolute Gasteiger partial charge is 0.337 e. The van der Waals surface area contributed by atoms with Crippen LogP contribution in [-0.4, -0.2) is 29.3 Å². The highest BCUT2D eigenvalue weighted by atomic mass is 16.5. The number of benzene rings is 1. The molecule has 0 heterocycles. The molecule has 0 aromatic heterocycles. The lowest BCUT2D eigenvalue weighted by Crippen LogP contribution is -2.15. The number of methoxy groups -OCH3 is 1. The van der Waals surface area contributed by atoms with E-state index in [0.717, 1.165) is 0 Å². The van der Waals surface area contributed by atoms with Crippen molar-refractivity contribution in [2.24, 2.45) is 0 Å². The highest BCUT2D eigenvalue weighted by molar-refractivity contribution is 5.78. The Hall–Kier alpha value is -2.08. The number of aryl methyl sites for hydroxylation is 1. The Morgan fingerprint density at radius 3 is 2.67 bits per heavy atom. The molecule has 6 nitrogen and oxygen atoms in total. The molecule has 0 fully saturated rings. The lowest BCUT2D eigenvalue weighted by atomic mass is 9.97. The van der Waals surface area contributed by atoms with Gasteiger partial charge in [-0.15, -0.1) is 0 Å². The minimum absolute atomic E-state index is 0.0965. The molecule has 0 aliphatic rings. The topological polar surface area (TPSA) is 110 Å². The van der Waals surface area contributed by atoms with Crippen molar-refractivity contribution in [1.82, 2.24) is 0 Å². The van der Waals surface area contributed by atoms with Crippen LogP contribution in [0.25, 0.3) is 0 Å². The molecule has 1 aromatic carbocycles. The predicted octanol–water partition coefficient (Wildman–Crippen LogP) is 0.492. The average Bonchev–Trinajstić information content (AvgIpc) is 2.35. The molecule has 1 unspecified atom stereocenters. The fourth-order valence-corrected chi connectivity index (χ4v) is 1.65. The van der Waals surface area contributed by atoms with Crippen LogP contribution in [0.3, 0.4) is 0 Å². The molecule has 0 spiro atoms. The van der Waals surface area contributed by atoms with E-state index in [1.54, 1.807) is 12.1 Å². The Balaban J connectivity index is 3.00. The normalized spacial score (nSPS) is 11.9. The van der Waals surface area contributed by atoms with E-state index in [-0.39, 0.29) is 24.1 Å². The number of hydrogen-bond donors (Lipinski definition) is 3. The molecule has 98 valence electrons. The van der Waals surface area contributed by atoms with E-state index >= 15 is 0 Å². The number of esters is 1. The summed E-state index contributed by atoms with van der Waals surface area (Å²) in [5, 5.41) is 18.4. The molecule has 18 heavy (non-hydrogen) atoms. The first-order chi connectivity index (χ1) is 8.47. The van der Waals surface area contributed by atoms with Crippen molar-refractivity contribution in [2.75, 3.05) is 12.8 Å². The first kappa shape index (κ1) is 14.0. The third-order valence-corrected chi connectivity index (χ3v) is 2.56. The maximum absolute atomic E-state index is 11.1. The van der Waals surface area contributed by atoms with Crippen LogP contribution in [0.5, 0.6) is 0 Å². The third-order valence-electron chi connectivity index (χ3n) is 2.56. The van der Waals surface area contributed by atoms with Crippen molar-refractivity contribution in [3.8, 4) is 0 Å². The van der Waals surface area contributed by atoms with Gasteiger partial charge in [0.15, 0.2) is 6.10 Å². The van der Waals surface area contributed by atoms with Gasteiger partial charge in [-0.2, -0.15) is 0 Å². The second kappa shape index (κ2) is 6.02. The second-order valence-electron chi connectivity index (χ2n) is 3.74. The number of anilines is 1. The van der Waals surface area contributed by atoms with Gasteiger partial charge in [0.1, 0.15) is 0 Å². The molecule has 0 amide bonds. The van der Waals surface area contributed by atoms with Gasteiger partial charge in [-0.05, 0) is 18.1 Å². The van der Waals surface area contributed by atoms with Crippen molar-refractivity contribution in [3.63, 3.8) is 0 Å². The zero-order valence-electron chi connectivity index (χ0n) is 9.92. The van der Waals surface area contributed by atoms with Crippen LogP contribution in [0, 0.1) is 0 Å². The summed E-state index contributed by atoms with van der Waals surface area (Å²) in [6.45, 7) is 0. The highest BCUT2D eigenvalue weighted by Gasteiger charge is 2.22. The molecule has 4 N–H and O–H groups in total. The number of hydrogen-bond acceptors (Lipinski definition) is 5. The largest absolute Gasteiger partial charge is 0.479 e. The van der Waals surface area contributed by atoms with E-state index in [2.05, 4.69) is 4.74 Å². The van der Waals surface area contributed by atoms with E-state index in [0.29, 0.717) is 5.56 Å². The average molecular weight is 253 g/mol. The standard InChI is InChI=1S/C12H15NO5/c1-18-9(14)6-5-7-3-2-4-8(13)10(7)11(15)12(16)17/h2-4,11,15H,5-6,13H2,1H3,(H,16,17). The quantitative estimate of drug-likeness (QED) is 0.520. The first-order valence-electron chi connectivity index (χ1n) is 5.32. The van der Waals surface area contributed by atoms with Gasteiger partial charge in [-0.3, -0.25) is 4.79 Å².